The number of cyclic esters (lactones) is 1. The van der Waals surface area contributed by atoms with Crippen molar-refractivity contribution in [2.24, 2.45) is 0 Å². The van der Waals surface area contributed by atoms with Crippen LogP contribution in [0.25, 0.3) is 0 Å². The lowest BCUT2D eigenvalue weighted by Crippen LogP contribution is -2.39. The fourth-order valence-corrected chi connectivity index (χ4v) is 3.75. The van der Waals surface area contributed by atoms with Crippen LogP contribution >= 0.6 is 23.1 Å². The average Bonchev–Trinajstić information content (AvgIpc) is 3.28. The number of thiazole rings is 1. The van der Waals surface area contributed by atoms with Gasteiger partial charge in [0.1, 0.15) is 29.0 Å². The Morgan fingerprint density at radius 1 is 1.20 bits per heavy atom. The van der Waals surface area contributed by atoms with Crippen LogP contribution in [0.5, 0.6) is 0 Å². The van der Waals surface area contributed by atoms with Crippen molar-refractivity contribution < 1.29 is 28.7 Å². The highest BCUT2D eigenvalue weighted by molar-refractivity contribution is 8.13. The Morgan fingerprint density at radius 2 is 1.91 bits per heavy atom. The molecular formula is C23H32N4O6S2. The highest BCUT2D eigenvalue weighted by atomic mass is 32.2. The summed E-state index contributed by atoms with van der Waals surface area (Å²) >= 11 is 2.37. The molecule has 0 saturated carbocycles. The molecule has 1 aromatic rings. The molecule has 2 heterocycles. The lowest BCUT2D eigenvalue weighted by Gasteiger charge is -2.15. The molecule has 3 amide bonds. The lowest BCUT2D eigenvalue weighted by molar-refractivity contribution is -0.147. The molecule has 3 N–H and O–H groups in total. The van der Waals surface area contributed by atoms with Crippen LogP contribution < -0.4 is 16.0 Å². The maximum atomic E-state index is 12.3. The number of carbonyl (C=O) groups excluding carboxylic acids is 5. The van der Waals surface area contributed by atoms with Gasteiger partial charge in [-0.1, -0.05) is 44.2 Å². The Labute approximate surface area is 213 Å². The van der Waals surface area contributed by atoms with E-state index < -0.39 is 30.4 Å². The third-order valence-electron chi connectivity index (χ3n) is 4.01. The largest absolute Gasteiger partial charge is 0.456 e. The van der Waals surface area contributed by atoms with Gasteiger partial charge >= 0.3 is 5.97 Å². The predicted octanol–water partition coefficient (Wildman–Crippen LogP) is 2.47. The van der Waals surface area contributed by atoms with Gasteiger partial charge in [-0.3, -0.25) is 24.0 Å². The molecule has 2 bridgehead atoms. The van der Waals surface area contributed by atoms with Crippen LogP contribution in [0.1, 0.15) is 62.5 Å². The van der Waals surface area contributed by atoms with Gasteiger partial charge in [0.05, 0.1) is 13.0 Å². The number of ether oxygens (including phenoxy) is 1. The molecule has 1 atom stereocenters. The molecule has 1 aromatic heterocycles. The van der Waals surface area contributed by atoms with E-state index in [1.54, 1.807) is 19.1 Å². The van der Waals surface area contributed by atoms with E-state index in [2.05, 4.69) is 34.8 Å². The normalized spacial score (nSPS) is 18.7. The van der Waals surface area contributed by atoms with E-state index in [1.807, 2.05) is 0 Å². The number of allylic oxidation sites excluding steroid dienone is 2. The topological polar surface area (TPSA) is 144 Å². The van der Waals surface area contributed by atoms with Crippen molar-refractivity contribution in [3.05, 3.63) is 40.0 Å². The molecular weight excluding hydrogens is 492 g/mol. The second-order valence-electron chi connectivity index (χ2n) is 7.24. The first-order valence-electron chi connectivity index (χ1n) is 11.2. The molecule has 1 unspecified atom stereocenters. The number of thioether (sulfide) groups is 1. The molecule has 35 heavy (non-hydrogen) atoms. The van der Waals surface area contributed by atoms with Gasteiger partial charge in [0.15, 0.2) is 5.12 Å². The molecule has 0 spiro atoms. The number of hydrogen-bond donors (Lipinski definition) is 3. The summed E-state index contributed by atoms with van der Waals surface area (Å²) in [5, 5.41) is 9.55. The van der Waals surface area contributed by atoms with Gasteiger partial charge < -0.3 is 20.7 Å². The zero-order valence-corrected chi connectivity index (χ0v) is 22.0. The van der Waals surface area contributed by atoms with Crippen molar-refractivity contribution in [3.8, 4) is 0 Å². The van der Waals surface area contributed by atoms with Crippen LogP contribution in [0, 0.1) is 0 Å². The third-order valence-corrected chi connectivity index (χ3v) is 5.70. The number of fused-ring (bicyclic) bond motifs is 2. The SMILES string of the molecule is C/C=C1\NC(=O)c2csc(n2)CNC(=O)CC(/C=C/CCSC(C)=O)OC(=O)CNC1=O.CCC. The third kappa shape index (κ3) is 12.3. The van der Waals surface area contributed by atoms with Crippen LogP contribution in [0.2, 0.25) is 0 Å². The summed E-state index contributed by atoms with van der Waals surface area (Å²) in [5.41, 5.74) is 0.0827. The number of amides is 3. The first kappa shape index (κ1) is 30.0. The number of hydrogen-bond acceptors (Lipinski definition) is 9. The van der Waals surface area contributed by atoms with Crippen LogP contribution in [0.15, 0.2) is 29.3 Å². The van der Waals surface area contributed by atoms with Crippen LogP contribution in [0.4, 0.5) is 0 Å². The molecule has 1 aliphatic heterocycles. The van der Waals surface area contributed by atoms with Crippen LogP contribution in [0.3, 0.4) is 0 Å². The Hall–Kier alpha value is -2.99. The summed E-state index contributed by atoms with van der Waals surface area (Å²) in [7, 11) is 0. The summed E-state index contributed by atoms with van der Waals surface area (Å²) in [4.78, 5) is 64.3. The highest BCUT2D eigenvalue weighted by Gasteiger charge is 2.20. The fraction of sp³-hybridized carbons (Fsp3) is 0.478. The minimum absolute atomic E-state index is 0.00619. The van der Waals surface area contributed by atoms with Crippen molar-refractivity contribution in [3.63, 3.8) is 0 Å². The second-order valence-corrected chi connectivity index (χ2v) is 9.45. The van der Waals surface area contributed by atoms with Gasteiger partial charge in [0.25, 0.3) is 11.8 Å². The van der Waals surface area contributed by atoms with E-state index in [1.165, 1.54) is 47.9 Å². The second kappa shape index (κ2) is 16.6. The molecule has 0 aromatic carbocycles. The van der Waals surface area contributed by atoms with Gasteiger partial charge in [-0.05, 0) is 19.4 Å². The Kier molecular flexibility index (Phi) is 14.3. The summed E-state index contributed by atoms with van der Waals surface area (Å²) in [6, 6.07) is 0. The molecule has 0 aliphatic carbocycles. The Bertz CT molecular complexity index is 958. The first-order chi connectivity index (χ1) is 16.7. The lowest BCUT2D eigenvalue weighted by atomic mass is 10.2. The maximum Gasteiger partial charge on any atom is 0.326 e. The van der Waals surface area contributed by atoms with Crippen molar-refractivity contribution in [1.29, 1.82) is 0 Å². The van der Waals surface area contributed by atoms with E-state index in [4.69, 9.17) is 4.74 Å². The number of carbonyl (C=O) groups is 5. The van der Waals surface area contributed by atoms with Gasteiger partial charge in [-0.15, -0.1) is 11.3 Å². The zero-order chi connectivity index (χ0) is 26.2. The number of nitrogens with one attached hydrogen (secondary N) is 3. The van der Waals surface area contributed by atoms with E-state index in [0.29, 0.717) is 17.2 Å². The Balaban J connectivity index is 0.00000194. The van der Waals surface area contributed by atoms with Gasteiger partial charge in [-0.25, -0.2) is 4.98 Å². The van der Waals surface area contributed by atoms with Gasteiger partial charge in [-0.2, -0.15) is 0 Å². The molecule has 192 valence electrons. The first-order valence-corrected chi connectivity index (χ1v) is 13.0. The van der Waals surface area contributed by atoms with Crippen molar-refractivity contribution in [2.75, 3.05) is 12.3 Å². The van der Waals surface area contributed by atoms with E-state index >= 15 is 0 Å². The minimum Gasteiger partial charge on any atom is -0.456 e. The molecule has 0 saturated heterocycles. The predicted molar refractivity (Wildman–Crippen MR) is 136 cm³/mol. The summed E-state index contributed by atoms with van der Waals surface area (Å²) in [5.74, 6) is -1.79. The van der Waals surface area contributed by atoms with E-state index in [-0.39, 0.29) is 35.4 Å². The zero-order valence-electron chi connectivity index (χ0n) is 20.3. The smallest absolute Gasteiger partial charge is 0.326 e. The standard InChI is InChI=1S/C20H24N4O6S2.C3H8/c1-3-14-19(28)22-10-18(27)30-13(6-4-5-7-31-12(2)25)8-16(26)21-9-17-23-15(11-32-17)20(29)24-14;1-3-2/h3-4,6,11,13H,5,7-10H2,1-2H3,(H,21,26)(H,22,28)(H,24,29);3H2,1-2H3/b6-4+,14-3-;. The van der Waals surface area contributed by atoms with E-state index in [0.717, 1.165) is 0 Å². The van der Waals surface area contributed by atoms with E-state index in [9.17, 15) is 24.0 Å². The maximum absolute atomic E-state index is 12.3. The van der Waals surface area contributed by atoms with Crippen LogP contribution in [-0.4, -0.2) is 52.2 Å². The summed E-state index contributed by atoms with van der Waals surface area (Å²) < 4.78 is 5.32. The molecule has 2 rings (SSSR count). The average molecular weight is 525 g/mol. The number of esters is 1. The highest BCUT2D eigenvalue weighted by Crippen LogP contribution is 2.11. The minimum atomic E-state index is -0.845. The van der Waals surface area contributed by atoms with Crippen molar-refractivity contribution in [2.45, 2.75) is 59.6 Å². The molecule has 0 radical (unpaired) electrons. The number of rotatable bonds is 4. The van der Waals surface area contributed by atoms with Crippen molar-refractivity contribution >= 4 is 51.9 Å². The molecule has 1 aliphatic rings. The summed E-state index contributed by atoms with van der Waals surface area (Å²) in [6.07, 6.45) is 5.56. The van der Waals surface area contributed by atoms with Gasteiger partial charge in [0.2, 0.25) is 5.91 Å². The molecule has 10 nitrogen and oxygen atoms in total. The van der Waals surface area contributed by atoms with Crippen molar-refractivity contribution in [1.82, 2.24) is 20.9 Å². The monoisotopic (exact) mass is 524 g/mol. The fourth-order valence-electron chi connectivity index (χ4n) is 2.50. The number of nitrogens with zero attached hydrogens (tertiary/aromatic N) is 1. The molecule has 12 heteroatoms. The summed E-state index contributed by atoms with van der Waals surface area (Å²) in [6.45, 7) is 6.96. The quantitative estimate of drug-likeness (QED) is 0.236. The van der Waals surface area contributed by atoms with Crippen LogP contribution in [-0.2, 0) is 30.5 Å². The number of aromatic nitrogens is 1. The molecule has 0 fully saturated rings. The Morgan fingerprint density at radius 3 is 2.57 bits per heavy atom. The van der Waals surface area contributed by atoms with Gasteiger partial charge in [0, 0.05) is 18.1 Å².